The monoisotopic (exact) mass is 377 g/mol. The molecule has 1 unspecified atom stereocenters. The summed E-state index contributed by atoms with van der Waals surface area (Å²) < 4.78 is 0. The van der Waals surface area contributed by atoms with Crippen LogP contribution in [0.3, 0.4) is 0 Å². The van der Waals surface area contributed by atoms with Crippen molar-refractivity contribution < 1.29 is 9.59 Å². The van der Waals surface area contributed by atoms with Gasteiger partial charge in [0.2, 0.25) is 11.8 Å². The van der Waals surface area contributed by atoms with Gasteiger partial charge in [-0.2, -0.15) is 0 Å². The zero-order valence-electron chi connectivity index (χ0n) is 17.1. The minimum absolute atomic E-state index is 0.0377. The predicted molar refractivity (Wildman–Crippen MR) is 106 cm³/mol. The quantitative estimate of drug-likeness (QED) is 0.570. The largest absolute Gasteiger partial charge is 0.357 e. The van der Waals surface area contributed by atoms with Gasteiger partial charge in [-0.1, -0.05) is 12.8 Å². The molecule has 2 aliphatic heterocycles. The van der Waals surface area contributed by atoms with Crippen molar-refractivity contribution in [3.05, 3.63) is 0 Å². The Labute approximate surface area is 162 Å². The molecule has 152 valence electrons. The molecule has 0 bridgehead atoms. The topological polar surface area (TPSA) is 77.0 Å². The first kappa shape index (κ1) is 20.0. The molecule has 1 saturated carbocycles. The number of nitrogens with zero attached hydrogens (tertiary/aromatic N) is 3. The summed E-state index contributed by atoms with van der Waals surface area (Å²) in [6.45, 7) is 6.00. The first-order valence-electron chi connectivity index (χ1n) is 10.4. The molecule has 0 aromatic heterocycles. The van der Waals surface area contributed by atoms with Crippen molar-refractivity contribution in [3.63, 3.8) is 0 Å². The van der Waals surface area contributed by atoms with Crippen molar-refractivity contribution in [1.82, 2.24) is 20.4 Å². The molecule has 2 N–H and O–H groups in total. The number of aliphatic imine (C=N–C) groups is 1. The molecule has 27 heavy (non-hydrogen) atoms. The van der Waals surface area contributed by atoms with Crippen LogP contribution in [0.4, 0.5) is 0 Å². The fourth-order valence-corrected chi connectivity index (χ4v) is 5.05. The number of hydrogen-bond acceptors (Lipinski definition) is 3. The summed E-state index contributed by atoms with van der Waals surface area (Å²) in [4.78, 5) is 33.6. The second-order valence-corrected chi connectivity index (χ2v) is 8.84. The summed E-state index contributed by atoms with van der Waals surface area (Å²) in [7, 11) is 3.69. The molecule has 1 atom stereocenters. The van der Waals surface area contributed by atoms with E-state index in [-0.39, 0.29) is 22.6 Å². The fraction of sp³-hybridized carbons (Fsp3) is 0.850. The van der Waals surface area contributed by atoms with Crippen LogP contribution in [0.25, 0.3) is 0 Å². The Balaban J connectivity index is 1.76. The summed E-state index contributed by atoms with van der Waals surface area (Å²) in [5.41, 5.74) is -0.307. The zero-order chi connectivity index (χ0) is 19.5. The fourth-order valence-electron chi connectivity index (χ4n) is 5.05. The van der Waals surface area contributed by atoms with E-state index in [0.29, 0.717) is 13.0 Å². The second-order valence-electron chi connectivity index (χ2n) is 8.84. The van der Waals surface area contributed by atoms with Gasteiger partial charge in [-0.15, -0.1) is 0 Å². The van der Waals surface area contributed by atoms with E-state index < -0.39 is 0 Å². The lowest BCUT2D eigenvalue weighted by molar-refractivity contribution is -0.138. The van der Waals surface area contributed by atoms with Gasteiger partial charge in [0, 0.05) is 52.1 Å². The van der Waals surface area contributed by atoms with E-state index in [0.717, 1.165) is 70.7 Å². The Morgan fingerprint density at radius 3 is 2.59 bits per heavy atom. The Hall–Kier alpha value is -1.79. The number of piperidine rings is 1. The molecule has 3 aliphatic rings. The van der Waals surface area contributed by atoms with Gasteiger partial charge in [0.1, 0.15) is 0 Å². The highest BCUT2D eigenvalue weighted by atomic mass is 16.2. The average Bonchev–Trinajstić information content (AvgIpc) is 3.26. The van der Waals surface area contributed by atoms with Crippen LogP contribution in [0.1, 0.15) is 51.9 Å². The van der Waals surface area contributed by atoms with Crippen LogP contribution in [0.15, 0.2) is 4.99 Å². The van der Waals surface area contributed by atoms with E-state index in [9.17, 15) is 9.59 Å². The van der Waals surface area contributed by atoms with E-state index in [4.69, 9.17) is 4.99 Å². The van der Waals surface area contributed by atoms with E-state index in [2.05, 4.69) is 22.5 Å². The first-order valence-corrected chi connectivity index (χ1v) is 10.4. The van der Waals surface area contributed by atoms with Crippen molar-refractivity contribution in [2.75, 3.05) is 46.8 Å². The Bertz CT molecular complexity index is 597. The van der Waals surface area contributed by atoms with Crippen molar-refractivity contribution in [3.8, 4) is 0 Å². The number of guanidine groups is 1. The number of carbonyl (C=O) groups excluding carboxylic acids is 2. The lowest BCUT2D eigenvalue weighted by atomic mass is 9.79. The van der Waals surface area contributed by atoms with Crippen LogP contribution >= 0.6 is 0 Å². The molecule has 2 saturated heterocycles. The minimum Gasteiger partial charge on any atom is -0.357 e. The number of likely N-dealkylation sites (tertiary alicyclic amines) is 1. The molecule has 7 heteroatoms. The molecule has 0 aromatic carbocycles. The summed E-state index contributed by atoms with van der Waals surface area (Å²) in [5, 5.41) is 6.43. The molecule has 1 spiro atoms. The van der Waals surface area contributed by atoms with Crippen LogP contribution in [0.2, 0.25) is 0 Å². The Morgan fingerprint density at radius 2 is 2.00 bits per heavy atom. The number of amides is 2. The van der Waals surface area contributed by atoms with Crippen LogP contribution in [0, 0.1) is 10.8 Å². The van der Waals surface area contributed by atoms with Gasteiger partial charge in [-0.3, -0.25) is 14.6 Å². The van der Waals surface area contributed by atoms with Crippen LogP contribution in [-0.4, -0.2) is 74.4 Å². The van der Waals surface area contributed by atoms with Crippen LogP contribution in [-0.2, 0) is 9.59 Å². The lowest BCUT2D eigenvalue weighted by Crippen LogP contribution is -2.52. The van der Waals surface area contributed by atoms with Crippen molar-refractivity contribution >= 4 is 17.8 Å². The number of hydrogen-bond donors (Lipinski definition) is 2. The van der Waals surface area contributed by atoms with E-state index in [1.54, 1.807) is 4.90 Å². The molecule has 7 nitrogen and oxygen atoms in total. The maximum absolute atomic E-state index is 12.8. The number of carbonyl (C=O) groups is 2. The molecule has 0 radical (unpaired) electrons. The third kappa shape index (κ3) is 4.22. The van der Waals surface area contributed by atoms with Gasteiger partial charge >= 0.3 is 0 Å². The summed E-state index contributed by atoms with van der Waals surface area (Å²) in [6.07, 6.45) is 6.83. The number of rotatable bonds is 4. The second kappa shape index (κ2) is 8.07. The summed E-state index contributed by atoms with van der Waals surface area (Å²) in [5.74, 6) is 1.27. The van der Waals surface area contributed by atoms with Gasteiger partial charge in [0.15, 0.2) is 5.96 Å². The summed E-state index contributed by atoms with van der Waals surface area (Å²) >= 11 is 0. The third-order valence-electron chi connectivity index (χ3n) is 6.44. The highest BCUT2D eigenvalue weighted by Crippen LogP contribution is 2.40. The molecule has 3 fully saturated rings. The standard InChI is InChI=1S/C20H35N5O2/c1-4-21-18(23-14-20(9-5-6-10-20)17(27)24(2)3)25-11-7-8-19(15-25)12-16(26)22-13-19/h4-15H2,1-3H3,(H,21,23)(H,22,26). The van der Waals surface area contributed by atoms with E-state index in [1.807, 2.05) is 14.1 Å². The molecule has 2 heterocycles. The lowest BCUT2D eigenvalue weighted by Gasteiger charge is -2.41. The van der Waals surface area contributed by atoms with Gasteiger partial charge in [0.05, 0.1) is 12.0 Å². The van der Waals surface area contributed by atoms with E-state index >= 15 is 0 Å². The third-order valence-corrected chi connectivity index (χ3v) is 6.44. The Kier molecular flexibility index (Phi) is 5.96. The maximum atomic E-state index is 12.8. The molecule has 2 amide bonds. The van der Waals surface area contributed by atoms with Crippen LogP contribution < -0.4 is 10.6 Å². The van der Waals surface area contributed by atoms with Gasteiger partial charge < -0.3 is 20.4 Å². The van der Waals surface area contributed by atoms with Crippen LogP contribution in [0.5, 0.6) is 0 Å². The Morgan fingerprint density at radius 1 is 1.26 bits per heavy atom. The van der Waals surface area contributed by atoms with Gasteiger partial charge in [-0.25, -0.2) is 0 Å². The molecular formula is C20H35N5O2. The highest BCUT2D eigenvalue weighted by Gasteiger charge is 2.44. The first-order chi connectivity index (χ1) is 12.9. The molecule has 0 aromatic rings. The summed E-state index contributed by atoms with van der Waals surface area (Å²) in [6, 6.07) is 0. The van der Waals surface area contributed by atoms with Crippen molar-refractivity contribution in [1.29, 1.82) is 0 Å². The maximum Gasteiger partial charge on any atom is 0.230 e. The molecule has 3 rings (SSSR count). The molecule has 1 aliphatic carbocycles. The average molecular weight is 378 g/mol. The van der Waals surface area contributed by atoms with Crippen molar-refractivity contribution in [2.45, 2.75) is 51.9 Å². The minimum atomic E-state index is -0.345. The zero-order valence-corrected chi connectivity index (χ0v) is 17.1. The number of nitrogens with one attached hydrogen (secondary N) is 2. The SMILES string of the molecule is CCNC(=NCC1(C(=O)N(C)C)CCCC1)N1CCCC2(CNC(=O)C2)C1. The van der Waals surface area contributed by atoms with Gasteiger partial charge in [-0.05, 0) is 32.6 Å². The highest BCUT2D eigenvalue weighted by molar-refractivity contribution is 5.85. The molecular weight excluding hydrogens is 342 g/mol. The van der Waals surface area contributed by atoms with Crippen molar-refractivity contribution in [2.24, 2.45) is 15.8 Å². The normalized spacial score (nSPS) is 27.7. The van der Waals surface area contributed by atoms with E-state index in [1.165, 1.54) is 0 Å². The predicted octanol–water partition coefficient (Wildman–Crippen LogP) is 1.20. The smallest absolute Gasteiger partial charge is 0.230 e. The van der Waals surface area contributed by atoms with Gasteiger partial charge in [0.25, 0.3) is 0 Å².